The highest BCUT2D eigenvalue weighted by Crippen LogP contribution is 2.14. The van der Waals surface area contributed by atoms with Crippen LogP contribution in [0.25, 0.3) is 0 Å². The largest absolute Gasteiger partial charge is 0.478 e. The molecule has 5 nitrogen and oxygen atoms in total. The number of hydrogen-bond donors (Lipinski definition) is 2. The van der Waals surface area contributed by atoms with Crippen molar-refractivity contribution in [1.82, 2.24) is 10.2 Å². The zero-order chi connectivity index (χ0) is 12.0. The van der Waals surface area contributed by atoms with Gasteiger partial charge in [0.15, 0.2) is 5.82 Å². The number of aromatic nitrogens is 2. The van der Waals surface area contributed by atoms with Gasteiger partial charge in [-0.3, -0.25) is 0 Å². The number of rotatable bonds is 6. The molecule has 1 unspecified atom stereocenters. The van der Waals surface area contributed by atoms with Gasteiger partial charge in [0.25, 0.3) is 0 Å². The molecular weight excluding hydrogens is 226 g/mol. The highest BCUT2D eigenvalue weighted by atomic mass is 32.2. The number of anilines is 1. The Bertz CT molecular complexity index is 360. The number of nitrogens with one attached hydrogen (secondary N) is 1. The lowest BCUT2D eigenvalue weighted by atomic mass is 10.2. The summed E-state index contributed by atoms with van der Waals surface area (Å²) < 4.78 is 0. The molecule has 0 bridgehead atoms. The Morgan fingerprint density at radius 3 is 3.00 bits per heavy atom. The van der Waals surface area contributed by atoms with Crippen molar-refractivity contribution in [3.63, 3.8) is 0 Å². The molecule has 16 heavy (non-hydrogen) atoms. The molecule has 0 aliphatic rings. The summed E-state index contributed by atoms with van der Waals surface area (Å²) in [6, 6.07) is 1.66. The number of aromatic carboxylic acids is 1. The van der Waals surface area contributed by atoms with Gasteiger partial charge in [-0.1, -0.05) is 6.92 Å². The molecule has 2 N–H and O–H groups in total. The zero-order valence-corrected chi connectivity index (χ0v) is 10.1. The van der Waals surface area contributed by atoms with Gasteiger partial charge in [-0.2, -0.15) is 16.9 Å². The molecule has 6 heteroatoms. The van der Waals surface area contributed by atoms with Crippen molar-refractivity contribution in [2.24, 2.45) is 0 Å². The van der Waals surface area contributed by atoms with E-state index in [1.54, 1.807) is 11.8 Å². The van der Waals surface area contributed by atoms with Crippen molar-refractivity contribution in [3.8, 4) is 0 Å². The Kier molecular flexibility index (Phi) is 5.04. The van der Waals surface area contributed by atoms with E-state index in [2.05, 4.69) is 15.5 Å². The van der Waals surface area contributed by atoms with E-state index in [9.17, 15) is 4.79 Å². The minimum Gasteiger partial charge on any atom is -0.478 e. The van der Waals surface area contributed by atoms with Crippen LogP contribution in [0, 0.1) is 0 Å². The normalized spacial score (nSPS) is 12.1. The molecule has 0 spiro atoms. The molecule has 0 aromatic carbocycles. The molecule has 88 valence electrons. The van der Waals surface area contributed by atoms with Crippen LogP contribution in [-0.2, 0) is 0 Å². The van der Waals surface area contributed by atoms with Crippen molar-refractivity contribution in [3.05, 3.63) is 17.8 Å². The summed E-state index contributed by atoms with van der Waals surface area (Å²) in [5, 5.41) is 19.6. The van der Waals surface area contributed by atoms with Crippen LogP contribution >= 0.6 is 11.8 Å². The predicted octanol–water partition coefficient (Wildman–Crippen LogP) is 1.73. The zero-order valence-electron chi connectivity index (χ0n) is 9.30. The fourth-order valence-corrected chi connectivity index (χ4v) is 1.99. The maximum Gasteiger partial charge on any atom is 0.339 e. The van der Waals surface area contributed by atoms with Gasteiger partial charge >= 0.3 is 5.97 Å². The summed E-state index contributed by atoms with van der Waals surface area (Å²) in [6.07, 6.45) is 4.31. The average molecular weight is 241 g/mol. The maximum absolute atomic E-state index is 10.9. The topological polar surface area (TPSA) is 75.1 Å². The second-order valence-corrected chi connectivity index (χ2v) is 4.21. The Hall–Kier alpha value is -1.30. The average Bonchev–Trinajstić information content (AvgIpc) is 2.29. The van der Waals surface area contributed by atoms with Crippen LogP contribution in [0.15, 0.2) is 12.3 Å². The maximum atomic E-state index is 10.9. The number of carboxylic acids is 1. The summed E-state index contributed by atoms with van der Waals surface area (Å²) in [5.41, 5.74) is 0.162. The van der Waals surface area contributed by atoms with Gasteiger partial charge in [-0.25, -0.2) is 4.79 Å². The first-order chi connectivity index (χ1) is 7.69. The third kappa shape index (κ3) is 3.37. The van der Waals surface area contributed by atoms with E-state index in [-0.39, 0.29) is 11.6 Å². The third-order valence-electron chi connectivity index (χ3n) is 2.15. The van der Waals surface area contributed by atoms with E-state index in [0.717, 1.165) is 12.2 Å². The van der Waals surface area contributed by atoms with E-state index >= 15 is 0 Å². The van der Waals surface area contributed by atoms with E-state index in [4.69, 9.17) is 5.11 Å². The SMILES string of the molecule is CCC(CSC)Nc1nnccc1C(=O)O. The van der Waals surface area contributed by atoms with Gasteiger partial charge < -0.3 is 10.4 Å². The standard InChI is InChI=1S/C10H15N3O2S/c1-3-7(6-16-2)12-9-8(10(14)15)4-5-11-13-9/h4-5,7H,3,6H2,1-2H3,(H,12,13)(H,14,15). The van der Waals surface area contributed by atoms with Gasteiger partial charge in [0, 0.05) is 11.8 Å². The van der Waals surface area contributed by atoms with Crippen molar-refractivity contribution in [2.45, 2.75) is 19.4 Å². The Balaban J connectivity index is 2.82. The summed E-state index contributed by atoms with van der Waals surface area (Å²) in [7, 11) is 0. The molecule has 1 aromatic heterocycles. The smallest absolute Gasteiger partial charge is 0.339 e. The highest BCUT2D eigenvalue weighted by Gasteiger charge is 2.14. The fraction of sp³-hybridized carbons (Fsp3) is 0.500. The molecule has 0 fully saturated rings. The lowest BCUT2D eigenvalue weighted by Crippen LogP contribution is -2.23. The van der Waals surface area contributed by atoms with Crippen LogP contribution in [0.2, 0.25) is 0 Å². The fourth-order valence-electron chi connectivity index (χ4n) is 1.27. The first-order valence-electron chi connectivity index (χ1n) is 4.99. The number of carboxylic acid groups (broad SMARTS) is 1. The molecule has 1 atom stereocenters. The minimum absolute atomic E-state index is 0.162. The summed E-state index contributed by atoms with van der Waals surface area (Å²) >= 11 is 1.71. The van der Waals surface area contributed by atoms with Crippen molar-refractivity contribution < 1.29 is 9.90 Å². The van der Waals surface area contributed by atoms with Crippen LogP contribution in [0.4, 0.5) is 5.82 Å². The number of thioether (sulfide) groups is 1. The van der Waals surface area contributed by atoms with Crippen LogP contribution < -0.4 is 5.32 Å². The number of nitrogens with zero attached hydrogens (tertiary/aromatic N) is 2. The van der Waals surface area contributed by atoms with Crippen molar-refractivity contribution >= 4 is 23.5 Å². The number of carbonyl (C=O) groups is 1. The molecule has 1 heterocycles. The minimum atomic E-state index is -0.989. The second kappa shape index (κ2) is 6.32. The molecule has 0 saturated carbocycles. The van der Waals surface area contributed by atoms with Crippen LogP contribution in [0.1, 0.15) is 23.7 Å². The van der Waals surface area contributed by atoms with Gasteiger partial charge in [-0.05, 0) is 18.7 Å². The lowest BCUT2D eigenvalue weighted by molar-refractivity contribution is 0.0697. The van der Waals surface area contributed by atoms with Crippen LogP contribution in [0.5, 0.6) is 0 Å². The molecule has 0 saturated heterocycles. The second-order valence-electron chi connectivity index (χ2n) is 3.30. The Morgan fingerprint density at radius 1 is 1.69 bits per heavy atom. The highest BCUT2D eigenvalue weighted by molar-refractivity contribution is 7.98. The quantitative estimate of drug-likeness (QED) is 0.790. The predicted molar refractivity (Wildman–Crippen MR) is 65.1 cm³/mol. The molecule has 1 aromatic rings. The summed E-state index contributed by atoms with van der Waals surface area (Å²) in [5.74, 6) is 0.263. The van der Waals surface area contributed by atoms with Gasteiger partial charge in [0.1, 0.15) is 5.56 Å². The van der Waals surface area contributed by atoms with Crippen molar-refractivity contribution in [2.75, 3.05) is 17.3 Å². The first-order valence-corrected chi connectivity index (χ1v) is 6.38. The summed E-state index contributed by atoms with van der Waals surface area (Å²) in [6.45, 7) is 2.05. The Labute approximate surface area is 98.7 Å². The van der Waals surface area contributed by atoms with Crippen LogP contribution in [0.3, 0.4) is 0 Å². The molecule has 1 rings (SSSR count). The molecule has 0 amide bonds. The van der Waals surface area contributed by atoms with E-state index in [1.165, 1.54) is 12.3 Å². The number of hydrogen-bond acceptors (Lipinski definition) is 5. The van der Waals surface area contributed by atoms with E-state index in [1.807, 2.05) is 13.2 Å². The van der Waals surface area contributed by atoms with Gasteiger partial charge in [0.05, 0.1) is 6.20 Å². The molecule has 0 radical (unpaired) electrons. The van der Waals surface area contributed by atoms with Crippen LogP contribution in [-0.4, -0.2) is 39.3 Å². The monoisotopic (exact) mass is 241 g/mol. The molecule has 0 aliphatic heterocycles. The van der Waals surface area contributed by atoms with E-state index in [0.29, 0.717) is 5.82 Å². The molecule has 0 aliphatic carbocycles. The van der Waals surface area contributed by atoms with Crippen molar-refractivity contribution in [1.29, 1.82) is 0 Å². The molecular formula is C10H15N3O2S. The van der Waals surface area contributed by atoms with E-state index < -0.39 is 5.97 Å². The van der Waals surface area contributed by atoms with Gasteiger partial charge in [-0.15, -0.1) is 5.10 Å². The first kappa shape index (κ1) is 12.8. The third-order valence-corrected chi connectivity index (χ3v) is 2.89. The van der Waals surface area contributed by atoms with Gasteiger partial charge in [0.2, 0.25) is 0 Å². The lowest BCUT2D eigenvalue weighted by Gasteiger charge is -2.16. The summed E-state index contributed by atoms with van der Waals surface area (Å²) in [4.78, 5) is 10.9. The Morgan fingerprint density at radius 2 is 2.44 bits per heavy atom.